The molecule has 1 aliphatic heterocycles. The summed E-state index contributed by atoms with van der Waals surface area (Å²) < 4.78 is 9.96. The molecule has 0 spiro atoms. The first-order chi connectivity index (χ1) is 9.64. The SMILES string of the molecule is CCOC(=O)CN1C(=O)[C@@H](NC(=O)OC(C)(C)C)C[C@H]1C. The van der Waals surface area contributed by atoms with Crippen LogP contribution >= 0.6 is 0 Å². The Hall–Kier alpha value is -1.79. The molecule has 0 aromatic carbocycles. The summed E-state index contributed by atoms with van der Waals surface area (Å²) in [6.07, 6.45) is -0.191. The van der Waals surface area contributed by atoms with Crippen LogP contribution in [0.4, 0.5) is 4.79 Å². The molecule has 21 heavy (non-hydrogen) atoms. The largest absolute Gasteiger partial charge is 0.465 e. The molecule has 7 nitrogen and oxygen atoms in total. The molecule has 2 atom stereocenters. The second kappa shape index (κ2) is 6.78. The number of rotatable bonds is 4. The summed E-state index contributed by atoms with van der Waals surface area (Å²) in [6, 6.07) is -0.800. The maximum absolute atomic E-state index is 12.2. The van der Waals surface area contributed by atoms with E-state index in [9.17, 15) is 14.4 Å². The van der Waals surface area contributed by atoms with E-state index in [4.69, 9.17) is 9.47 Å². The number of ether oxygens (including phenoxy) is 2. The second-order valence-electron chi connectivity index (χ2n) is 6.05. The van der Waals surface area contributed by atoms with Crippen LogP contribution in [0.2, 0.25) is 0 Å². The van der Waals surface area contributed by atoms with Crippen molar-refractivity contribution >= 4 is 18.0 Å². The van der Waals surface area contributed by atoms with E-state index in [2.05, 4.69) is 5.32 Å². The van der Waals surface area contributed by atoms with Gasteiger partial charge in [0.25, 0.3) is 0 Å². The highest BCUT2D eigenvalue weighted by Gasteiger charge is 2.39. The fraction of sp³-hybridized carbons (Fsp3) is 0.786. The minimum Gasteiger partial charge on any atom is -0.465 e. The lowest BCUT2D eigenvalue weighted by Crippen LogP contribution is -2.45. The van der Waals surface area contributed by atoms with Crippen LogP contribution in [0.3, 0.4) is 0 Å². The number of alkyl carbamates (subject to hydrolysis) is 1. The first-order valence-corrected chi connectivity index (χ1v) is 7.09. The van der Waals surface area contributed by atoms with Gasteiger partial charge in [0.2, 0.25) is 5.91 Å². The van der Waals surface area contributed by atoms with Crippen LogP contribution in [0.15, 0.2) is 0 Å². The molecule has 1 heterocycles. The Labute approximate surface area is 124 Å². The highest BCUT2D eigenvalue weighted by atomic mass is 16.6. The molecule has 0 aromatic rings. The van der Waals surface area contributed by atoms with Crippen LogP contribution in [0.1, 0.15) is 41.0 Å². The fourth-order valence-electron chi connectivity index (χ4n) is 2.14. The normalized spacial score (nSPS) is 22.1. The Kier molecular flexibility index (Phi) is 5.57. The highest BCUT2D eigenvalue weighted by Crippen LogP contribution is 2.19. The monoisotopic (exact) mass is 300 g/mol. The van der Waals surface area contributed by atoms with Crippen molar-refractivity contribution in [3.8, 4) is 0 Å². The zero-order valence-corrected chi connectivity index (χ0v) is 13.3. The van der Waals surface area contributed by atoms with Gasteiger partial charge in [-0.2, -0.15) is 0 Å². The molecule has 0 radical (unpaired) electrons. The summed E-state index contributed by atoms with van der Waals surface area (Å²) >= 11 is 0. The maximum Gasteiger partial charge on any atom is 0.408 e. The van der Waals surface area contributed by atoms with Crippen LogP contribution in [0.5, 0.6) is 0 Å². The Bertz CT molecular complexity index is 416. The van der Waals surface area contributed by atoms with E-state index >= 15 is 0 Å². The first kappa shape index (κ1) is 17.3. The number of nitrogens with one attached hydrogen (secondary N) is 1. The topological polar surface area (TPSA) is 84.9 Å². The number of amides is 2. The van der Waals surface area contributed by atoms with Crippen LogP contribution in [-0.2, 0) is 19.1 Å². The average molecular weight is 300 g/mol. The molecule has 0 saturated carbocycles. The lowest BCUT2D eigenvalue weighted by atomic mass is 10.2. The van der Waals surface area contributed by atoms with Crippen molar-refractivity contribution in [2.45, 2.75) is 58.7 Å². The molecule has 1 rings (SSSR count). The van der Waals surface area contributed by atoms with Gasteiger partial charge in [0.1, 0.15) is 18.2 Å². The molecule has 1 fully saturated rings. The van der Waals surface area contributed by atoms with E-state index in [1.165, 1.54) is 4.90 Å². The molecule has 120 valence electrons. The fourth-order valence-corrected chi connectivity index (χ4v) is 2.14. The molecule has 1 N–H and O–H groups in total. The van der Waals surface area contributed by atoms with Gasteiger partial charge in [-0.1, -0.05) is 0 Å². The Balaban J connectivity index is 2.58. The third kappa shape index (κ3) is 5.24. The van der Waals surface area contributed by atoms with Crippen LogP contribution in [0, 0.1) is 0 Å². The summed E-state index contributed by atoms with van der Waals surface area (Å²) in [5.41, 5.74) is -0.623. The van der Waals surface area contributed by atoms with Gasteiger partial charge in [-0.3, -0.25) is 9.59 Å². The van der Waals surface area contributed by atoms with Gasteiger partial charge in [-0.25, -0.2) is 4.79 Å². The molecular weight excluding hydrogens is 276 g/mol. The van der Waals surface area contributed by atoms with Gasteiger partial charge >= 0.3 is 12.1 Å². The zero-order chi connectivity index (χ0) is 16.2. The molecule has 0 bridgehead atoms. The smallest absolute Gasteiger partial charge is 0.408 e. The van der Waals surface area contributed by atoms with Gasteiger partial charge in [-0.05, 0) is 41.0 Å². The van der Waals surface area contributed by atoms with E-state index in [1.807, 2.05) is 6.92 Å². The molecular formula is C14H24N2O5. The third-order valence-electron chi connectivity index (χ3n) is 2.99. The number of hydrogen-bond acceptors (Lipinski definition) is 5. The summed E-state index contributed by atoms with van der Waals surface area (Å²) in [5, 5.41) is 2.55. The van der Waals surface area contributed by atoms with Crippen molar-refractivity contribution in [2.75, 3.05) is 13.2 Å². The van der Waals surface area contributed by atoms with E-state index in [1.54, 1.807) is 27.7 Å². The van der Waals surface area contributed by atoms with Crippen molar-refractivity contribution in [2.24, 2.45) is 0 Å². The molecule has 0 unspecified atom stereocenters. The van der Waals surface area contributed by atoms with Gasteiger partial charge in [0.05, 0.1) is 6.61 Å². The van der Waals surface area contributed by atoms with Gasteiger partial charge in [0.15, 0.2) is 0 Å². The predicted octanol–water partition coefficient (Wildman–Crippen LogP) is 1.06. The van der Waals surface area contributed by atoms with E-state index in [-0.39, 0.29) is 25.1 Å². The Morgan fingerprint density at radius 1 is 1.38 bits per heavy atom. The summed E-state index contributed by atoms with van der Waals surface area (Å²) in [4.78, 5) is 36.8. The van der Waals surface area contributed by atoms with Crippen LogP contribution in [0.25, 0.3) is 0 Å². The Morgan fingerprint density at radius 2 is 2.00 bits per heavy atom. The highest BCUT2D eigenvalue weighted by molar-refractivity contribution is 5.90. The number of nitrogens with zero attached hydrogens (tertiary/aromatic N) is 1. The number of likely N-dealkylation sites (tertiary alicyclic amines) is 1. The standard InChI is InChI=1S/C14H24N2O5/c1-6-20-11(17)8-16-9(2)7-10(12(16)18)15-13(19)21-14(3,4)5/h9-10H,6-8H2,1-5H3,(H,15,19)/t9-,10+/m1/s1. The second-order valence-corrected chi connectivity index (χ2v) is 6.05. The number of carbonyl (C=O) groups excluding carboxylic acids is 3. The molecule has 1 aliphatic rings. The lowest BCUT2D eigenvalue weighted by Gasteiger charge is -2.22. The molecule has 2 amide bonds. The van der Waals surface area contributed by atoms with E-state index in [0.29, 0.717) is 6.42 Å². The quantitative estimate of drug-likeness (QED) is 0.785. The summed E-state index contributed by atoms with van der Waals surface area (Å²) in [5.74, 6) is -0.739. The van der Waals surface area contributed by atoms with Gasteiger partial charge in [0, 0.05) is 6.04 Å². The van der Waals surface area contributed by atoms with E-state index in [0.717, 1.165) is 0 Å². The van der Waals surface area contributed by atoms with Crippen LogP contribution in [-0.4, -0.2) is 53.7 Å². The van der Waals surface area contributed by atoms with Crippen molar-refractivity contribution in [1.82, 2.24) is 10.2 Å². The third-order valence-corrected chi connectivity index (χ3v) is 2.99. The molecule has 7 heteroatoms. The first-order valence-electron chi connectivity index (χ1n) is 7.09. The maximum atomic E-state index is 12.2. The summed E-state index contributed by atoms with van der Waals surface area (Å²) in [7, 11) is 0. The molecule has 0 aromatic heterocycles. The number of carbonyl (C=O) groups is 3. The average Bonchev–Trinajstić information content (AvgIpc) is 2.54. The van der Waals surface area contributed by atoms with Gasteiger partial charge < -0.3 is 19.7 Å². The van der Waals surface area contributed by atoms with Crippen molar-refractivity contribution in [3.05, 3.63) is 0 Å². The number of hydrogen-bond donors (Lipinski definition) is 1. The van der Waals surface area contributed by atoms with Crippen LogP contribution < -0.4 is 5.32 Å². The summed E-state index contributed by atoms with van der Waals surface area (Å²) in [6.45, 7) is 8.96. The lowest BCUT2D eigenvalue weighted by molar-refractivity contribution is -0.148. The van der Waals surface area contributed by atoms with Gasteiger partial charge in [-0.15, -0.1) is 0 Å². The minimum atomic E-state index is -0.663. The van der Waals surface area contributed by atoms with Crippen molar-refractivity contribution < 1.29 is 23.9 Å². The Morgan fingerprint density at radius 3 is 2.52 bits per heavy atom. The van der Waals surface area contributed by atoms with Crippen molar-refractivity contribution in [3.63, 3.8) is 0 Å². The van der Waals surface area contributed by atoms with Crippen molar-refractivity contribution in [1.29, 1.82) is 0 Å². The molecule has 0 aliphatic carbocycles. The predicted molar refractivity (Wildman–Crippen MR) is 75.6 cm³/mol. The van der Waals surface area contributed by atoms with E-state index < -0.39 is 23.7 Å². The molecule has 1 saturated heterocycles. The minimum absolute atomic E-state index is 0.0969. The number of esters is 1. The zero-order valence-electron chi connectivity index (χ0n) is 13.3.